The Hall–Kier alpha value is -1.63. The van der Waals surface area contributed by atoms with Crippen LogP contribution >= 0.6 is 15.9 Å². The number of hydrogen-bond donors (Lipinski definition) is 2. The van der Waals surface area contributed by atoms with Gasteiger partial charge in [0.25, 0.3) is 0 Å². The number of halogens is 2. The highest BCUT2D eigenvalue weighted by atomic mass is 79.9. The van der Waals surface area contributed by atoms with Gasteiger partial charge in [-0.3, -0.25) is 10.1 Å². The number of carbonyl (C=O) groups excluding carboxylic acids is 1. The molecule has 20 heavy (non-hydrogen) atoms. The van der Waals surface area contributed by atoms with Crippen molar-refractivity contribution >= 4 is 21.8 Å². The van der Waals surface area contributed by atoms with Crippen LogP contribution in [-0.4, -0.2) is 19.0 Å². The molecule has 0 radical (unpaired) electrons. The normalized spacial score (nSPS) is 13.3. The van der Waals surface area contributed by atoms with Gasteiger partial charge in [0.2, 0.25) is 5.91 Å². The Morgan fingerprint density at radius 2 is 2.35 bits per heavy atom. The smallest absolute Gasteiger partial charge is 0.242 e. The van der Waals surface area contributed by atoms with Gasteiger partial charge in [0, 0.05) is 11.5 Å². The van der Waals surface area contributed by atoms with Crippen molar-refractivity contribution < 1.29 is 9.18 Å². The van der Waals surface area contributed by atoms with Crippen molar-refractivity contribution in [2.45, 2.75) is 18.9 Å². The molecule has 6 nitrogen and oxygen atoms in total. The molecule has 108 valence electrons. The first-order chi connectivity index (χ1) is 9.41. The molecule has 1 atom stereocenters. The molecule has 3 N–H and O–H groups in total. The highest BCUT2D eigenvalue weighted by molar-refractivity contribution is 9.10. The Balaban J connectivity index is 2.87. The van der Waals surface area contributed by atoms with Crippen LogP contribution in [0.1, 0.15) is 18.9 Å². The van der Waals surface area contributed by atoms with Crippen LogP contribution in [0.25, 0.3) is 10.4 Å². The predicted octanol–water partition coefficient (Wildman–Crippen LogP) is 2.58. The highest BCUT2D eigenvalue weighted by Crippen LogP contribution is 2.25. The van der Waals surface area contributed by atoms with E-state index in [2.05, 4.69) is 31.3 Å². The number of amides is 1. The summed E-state index contributed by atoms with van der Waals surface area (Å²) in [5, 5.41) is 6.42. The molecule has 0 aliphatic heterocycles. The Morgan fingerprint density at radius 1 is 1.65 bits per heavy atom. The van der Waals surface area contributed by atoms with E-state index in [1.165, 1.54) is 18.2 Å². The number of azide groups is 1. The molecule has 1 amide bonds. The third-order valence-corrected chi connectivity index (χ3v) is 3.57. The van der Waals surface area contributed by atoms with E-state index in [1.54, 1.807) is 6.92 Å². The first kappa shape index (κ1) is 16.4. The Kier molecular flexibility index (Phi) is 5.94. The van der Waals surface area contributed by atoms with E-state index < -0.39 is 17.3 Å². The molecular formula is C12H15BrFN5O. The van der Waals surface area contributed by atoms with Gasteiger partial charge < -0.3 is 5.73 Å². The second kappa shape index (κ2) is 7.23. The summed E-state index contributed by atoms with van der Waals surface area (Å²) in [6, 6.07) is 4.29. The van der Waals surface area contributed by atoms with Gasteiger partial charge in [0.1, 0.15) is 11.4 Å². The molecule has 1 aromatic rings. The second-order valence-corrected chi connectivity index (χ2v) is 5.21. The standard InChI is InChI=1S/C12H15BrFN5O/c1-12(11(15)20,17-5-2-6-18-19-16)8-3-4-10(14)9(13)7-8/h3-4,7,17H,2,5-6H2,1H3,(H2,15,20). The first-order valence-corrected chi connectivity index (χ1v) is 6.72. The number of nitrogens with one attached hydrogen (secondary N) is 1. The maximum absolute atomic E-state index is 13.2. The Bertz CT molecular complexity index is 547. The summed E-state index contributed by atoms with van der Waals surface area (Å²) in [5.41, 5.74) is 13.0. The molecule has 0 fully saturated rings. The number of nitrogens with two attached hydrogens (primary N) is 1. The lowest BCUT2D eigenvalue weighted by Gasteiger charge is -2.28. The fraction of sp³-hybridized carbons (Fsp3) is 0.417. The maximum atomic E-state index is 13.2. The highest BCUT2D eigenvalue weighted by Gasteiger charge is 2.32. The molecule has 8 heteroatoms. The average molecular weight is 344 g/mol. The first-order valence-electron chi connectivity index (χ1n) is 5.93. The van der Waals surface area contributed by atoms with E-state index in [0.29, 0.717) is 25.1 Å². The maximum Gasteiger partial charge on any atom is 0.242 e. The van der Waals surface area contributed by atoms with E-state index >= 15 is 0 Å². The van der Waals surface area contributed by atoms with Crippen LogP contribution in [0.2, 0.25) is 0 Å². The zero-order chi connectivity index (χ0) is 15.2. The Labute approximate surface area is 124 Å². The minimum Gasteiger partial charge on any atom is -0.368 e. The van der Waals surface area contributed by atoms with Crippen LogP contribution < -0.4 is 11.1 Å². The molecule has 0 spiro atoms. The fourth-order valence-corrected chi connectivity index (χ4v) is 2.05. The minimum atomic E-state index is -1.12. The van der Waals surface area contributed by atoms with Gasteiger partial charge in [-0.2, -0.15) is 0 Å². The third kappa shape index (κ3) is 3.93. The summed E-state index contributed by atoms with van der Waals surface area (Å²) >= 11 is 3.08. The fourth-order valence-electron chi connectivity index (χ4n) is 1.67. The topological polar surface area (TPSA) is 104 Å². The number of benzene rings is 1. The van der Waals surface area contributed by atoms with Crippen LogP contribution in [0.5, 0.6) is 0 Å². The summed E-state index contributed by atoms with van der Waals surface area (Å²) in [6.07, 6.45) is 0.565. The molecule has 0 aliphatic carbocycles. The predicted molar refractivity (Wildman–Crippen MR) is 77.3 cm³/mol. The molecule has 0 heterocycles. The third-order valence-electron chi connectivity index (χ3n) is 2.97. The molecule has 0 bridgehead atoms. The number of hydrogen-bond acceptors (Lipinski definition) is 3. The molecule has 1 rings (SSSR count). The van der Waals surface area contributed by atoms with Crippen LogP contribution in [0.3, 0.4) is 0 Å². The second-order valence-electron chi connectivity index (χ2n) is 4.35. The van der Waals surface area contributed by atoms with Gasteiger partial charge >= 0.3 is 0 Å². The van der Waals surface area contributed by atoms with Crippen molar-refractivity contribution in [1.82, 2.24) is 5.32 Å². The van der Waals surface area contributed by atoms with E-state index in [-0.39, 0.29) is 4.47 Å². The van der Waals surface area contributed by atoms with Crippen molar-refractivity contribution in [1.29, 1.82) is 0 Å². The number of carbonyl (C=O) groups is 1. The summed E-state index contributed by atoms with van der Waals surface area (Å²) in [6.45, 7) is 2.39. The van der Waals surface area contributed by atoms with Crippen molar-refractivity contribution in [3.8, 4) is 0 Å². The summed E-state index contributed by atoms with van der Waals surface area (Å²) in [4.78, 5) is 14.3. The van der Waals surface area contributed by atoms with Crippen molar-refractivity contribution in [2.75, 3.05) is 13.1 Å². The zero-order valence-corrected chi connectivity index (χ0v) is 12.5. The van der Waals surface area contributed by atoms with E-state index in [1.807, 2.05) is 0 Å². The zero-order valence-electron chi connectivity index (χ0n) is 10.9. The minimum absolute atomic E-state index is 0.262. The van der Waals surface area contributed by atoms with Gasteiger partial charge in [0.15, 0.2) is 0 Å². The molecule has 0 saturated heterocycles. The molecule has 1 unspecified atom stereocenters. The van der Waals surface area contributed by atoms with E-state index in [4.69, 9.17) is 11.3 Å². The molecule has 0 saturated carbocycles. The molecule has 1 aromatic carbocycles. The lowest BCUT2D eigenvalue weighted by Crippen LogP contribution is -2.50. The lowest BCUT2D eigenvalue weighted by molar-refractivity contribution is -0.124. The lowest BCUT2D eigenvalue weighted by atomic mass is 9.91. The SMILES string of the molecule is CC(NCCCN=[N+]=[N-])(C(N)=O)c1ccc(F)c(Br)c1. The van der Waals surface area contributed by atoms with E-state index in [0.717, 1.165) is 0 Å². The number of primary amides is 1. The molecule has 0 aliphatic rings. The van der Waals surface area contributed by atoms with Gasteiger partial charge in [-0.1, -0.05) is 11.2 Å². The Morgan fingerprint density at radius 3 is 2.90 bits per heavy atom. The summed E-state index contributed by atoms with van der Waals surface area (Å²) in [5.74, 6) is -0.983. The largest absolute Gasteiger partial charge is 0.368 e. The monoisotopic (exact) mass is 343 g/mol. The number of nitrogens with zero attached hydrogens (tertiary/aromatic N) is 3. The molecular weight excluding hydrogens is 329 g/mol. The van der Waals surface area contributed by atoms with Crippen molar-refractivity contribution in [3.05, 3.63) is 44.5 Å². The van der Waals surface area contributed by atoms with Crippen molar-refractivity contribution in [3.63, 3.8) is 0 Å². The average Bonchev–Trinajstić information content (AvgIpc) is 2.41. The van der Waals surface area contributed by atoms with Gasteiger partial charge in [-0.25, -0.2) is 4.39 Å². The van der Waals surface area contributed by atoms with Crippen LogP contribution in [0.4, 0.5) is 4.39 Å². The van der Waals surface area contributed by atoms with Gasteiger partial charge in [-0.15, -0.1) is 0 Å². The van der Waals surface area contributed by atoms with Crippen molar-refractivity contribution in [2.24, 2.45) is 10.8 Å². The number of rotatable bonds is 7. The summed E-state index contributed by atoms with van der Waals surface area (Å²) < 4.78 is 13.5. The summed E-state index contributed by atoms with van der Waals surface area (Å²) in [7, 11) is 0. The van der Waals surface area contributed by atoms with E-state index in [9.17, 15) is 9.18 Å². The van der Waals surface area contributed by atoms with Crippen LogP contribution in [0.15, 0.2) is 27.8 Å². The van der Waals surface area contributed by atoms with Gasteiger partial charge in [-0.05, 0) is 59.0 Å². The quantitative estimate of drug-likeness (QED) is 0.343. The van der Waals surface area contributed by atoms with Gasteiger partial charge in [0.05, 0.1) is 4.47 Å². The van der Waals surface area contributed by atoms with Crippen LogP contribution in [-0.2, 0) is 10.3 Å². The molecule has 0 aromatic heterocycles. The van der Waals surface area contributed by atoms with Crippen LogP contribution in [0, 0.1) is 5.82 Å².